The number of anilines is 1. The van der Waals surface area contributed by atoms with Gasteiger partial charge in [-0.3, -0.25) is 4.79 Å². The molecular formula is C21H22ClFN2O5S. The summed E-state index contributed by atoms with van der Waals surface area (Å²) < 4.78 is 45.6. The van der Waals surface area contributed by atoms with Gasteiger partial charge in [0.1, 0.15) is 5.82 Å². The van der Waals surface area contributed by atoms with E-state index in [1.807, 2.05) is 0 Å². The van der Waals surface area contributed by atoms with Gasteiger partial charge in [0.15, 0.2) is 6.61 Å². The fourth-order valence-electron chi connectivity index (χ4n) is 3.23. The van der Waals surface area contributed by atoms with Crippen LogP contribution in [0.5, 0.6) is 0 Å². The lowest BCUT2D eigenvalue weighted by Crippen LogP contribution is -2.36. The second-order valence-corrected chi connectivity index (χ2v) is 9.51. The van der Waals surface area contributed by atoms with Gasteiger partial charge in [0.25, 0.3) is 5.91 Å². The van der Waals surface area contributed by atoms with E-state index in [2.05, 4.69) is 5.32 Å². The SMILES string of the molecule is Cc1ccc(C(=O)OCC(=O)Nc2ccc(F)c(Cl)c2)cc1S(=O)(=O)N1CCCCC1. The molecule has 0 aliphatic carbocycles. The summed E-state index contributed by atoms with van der Waals surface area (Å²) in [6, 6.07) is 7.91. The molecule has 1 saturated heterocycles. The molecule has 1 aliphatic rings. The number of aryl methyl sites for hydroxylation is 1. The average molecular weight is 469 g/mol. The highest BCUT2D eigenvalue weighted by molar-refractivity contribution is 7.89. The number of carbonyl (C=O) groups is 2. The highest BCUT2D eigenvalue weighted by Gasteiger charge is 2.28. The van der Waals surface area contributed by atoms with Gasteiger partial charge in [0, 0.05) is 18.8 Å². The molecule has 0 radical (unpaired) electrons. The molecule has 0 bridgehead atoms. The number of nitrogens with zero attached hydrogens (tertiary/aromatic N) is 1. The predicted octanol–water partition coefficient (Wildman–Crippen LogP) is 3.76. The third-order valence-electron chi connectivity index (χ3n) is 4.89. The molecule has 7 nitrogen and oxygen atoms in total. The molecule has 1 amide bonds. The molecule has 0 atom stereocenters. The summed E-state index contributed by atoms with van der Waals surface area (Å²) >= 11 is 5.66. The van der Waals surface area contributed by atoms with Crippen LogP contribution in [-0.4, -0.2) is 44.3 Å². The average Bonchev–Trinajstić information content (AvgIpc) is 2.75. The fourth-order valence-corrected chi connectivity index (χ4v) is 5.18. The molecule has 0 aromatic heterocycles. The molecule has 2 aromatic rings. The maximum absolute atomic E-state index is 13.2. The highest BCUT2D eigenvalue weighted by atomic mass is 35.5. The van der Waals surface area contributed by atoms with Crippen molar-refractivity contribution in [1.82, 2.24) is 4.31 Å². The minimum atomic E-state index is -3.73. The highest BCUT2D eigenvalue weighted by Crippen LogP contribution is 2.25. The molecule has 1 aliphatic heterocycles. The number of esters is 1. The van der Waals surface area contributed by atoms with Gasteiger partial charge in [-0.2, -0.15) is 4.31 Å². The van der Waals surface area contributed by atoms with Crippen molar-refractivity contribution in [3.05, 3.63) is 58.4 Å². The van der Waals surface area contributed by atoms with Gasteiger partial charge in [0.05, 0.1) is 15.5 Å². The Bertz CT molecular complexity index is 1100. The third kappa shape index (κ3) is 5.61. The van der Waals surface area contributed by atoms with E-state index < -0.39 is 34.3 Å². The van der Waals surface area contributed by atoms with E-state index in [-0.39, 0.29) is 21.2 Å². The van der Waals surface area contributed by atoms with E-state index in [9.17, 15) is 22.4 Å². The van der Waals surface area contributed by atoms with E-state index in [1.54, 1.807) is 6.92 Å². The van der Waals surface area contributed by atoms with Crippen molar-refractivity contribution >= 4 is 39.2 Å². The standard InChI is InChI=1S/C21H22ClFN2O5S/c1-14-5-6-15(11-19(14)31(28,29)25-9-3-2-4-10-25)21(27)30-13-20(26)24-16-7-8-18(23)17(22)12-16/h5-8,11-12H,2-4,9-10,13H2,1H3,(H,24,26). The normalized spacial score (nSPS) is 14.8. The van der Waals surface area contributed by atoms with Gasteiger partial charge in [0.2, 0.25) is 10.0 Å². The Morgan fingerprint density at radius 3 is 2.52 bits per heavy atom. The summed E-state index contributed by atoms with van der Waals surface area (Å²) in [6.45, 7) is 1.96. The zero-order valence-electron chi connectivity index (χ0n) is 16.9. The minimum Gasteiger partial charge on any atom is -0.452 e. The van der Waals surface area contributed by atoms with Gasteiger partial charge >= 0.3 is 5.97 Å². The van der Waals surface area contributed by atoms with Gasteiger partial charge in [-0.1, -0.05) is 24.1 Å². The summed E-state index contributed by atoms with van der Waals surface area (Å²) in [5.74, 6) is -2.10. The quantitative estimate of drug-likeness (QED) is 0.651. The number of piperidine rings is 1. The van der Waals surface area contributed by atoms with E-state index >= 15 is 0 Å². The van der Waals surface area contributed by atoms with Crippen molar-refractivity contribution in [3.8, 4) is 0 Å². The lowest BCUT2D eigenvalue weighted by atomic mass is 10.1. The van der Waals surface area contributed by atoms with E-state index in [4.69, 9.17) is 16.3 Å². The molecule has 3 rings (SSSR count). The van der Waals surface area contributed by atoms with Crippen LogP contribution in [0.15, 0.2) is 41.3 Å². The van der Waals surface area contributed by atoms with E-state index in [0.29, 0.717) is 18.7 Å². The van der Waals surface area contributed by atoms with Crippen molar-refractivity contribution < 1.29 is 27.1 Å². The van der Waals surface area contributed by atoms with Gasteiger partial charge in [-0.25, -0.2) is 17.6 Å². The number of halogens is 2. The first-order chi connectivity index (χ1) is 14.7. The zero-order valence-corrected chi connectivity index (χ0v) is 18.4. The molecule has 2 aromatic carbocycles. The smallest absolute Gasteiger partial charge is 0.338 e. The van der Waals surface area contributed by atoms with Crippen LogP contribution in [0.3, 0.4) is 0 Å². The van der Waals surface area contributed by atoms with Crippen molar-refractivity contribution in [3.63, 3.8) is 0 Å². The zero-order chi connectivity index (χ0) is 22.6. The van der Waals surface area contributed by atoms with E-state index in [1.165, 1.54) is 34.6 Å². The summed E-state index contributed by atoms with van der Waals surface area (Å²) in [5, 5.41) is 2.28. The van der Waals surface area contributed by atoms with Crippen molar-refractivity contribution in [2.24, 2.45) is 0 Å². The van der Waals surface area contributed by atoms with Gasteiger partial charge < -0.3 is 10.1 Å². The number of amides is 1. The Kier molecular flexibility index (Phi) is 7.30. The molecule has 0 saturated carbocycles. The Hall–Kier alpha value is -2.49. The number of rotatable bonds is 6. The lowest BCUT2D eigenvalue weighted by Gasteiger charge is -2.26. The number of benzene rings is 2. The Balaban J connectivity index is 1.67. The molecule has 0 unspecified atom stereocenters. The van der Waals surface area contributed by atoms with Crippen LogP contribution in [0.4, 0.5) is 10.1 Å². The van der Waals surface area contributed by atoms with Gasteiger partial charge in [-0.05, 0) is 55.7 Å². The van der Waals surface area contributed by atoms with Crippen molar-refractivity contribution in [2.45, 2.75) is 31.1 Å². The Morgan fingerprint density at radius 1 is 1.13 bits per heavy atom. The number of carbonyl (C=O) groups excluding carboxylic acids is 2. The van der Waals surface area contributed by atoms with Crippen LogP contribution in [0.25, 0.3) is 0 Å². The maximum Gasteiger partial charge on any atom is 0.338 e. The lowest BCUT2D eigenvalue weighted by molar-refractivity contribution is -0.119. The Labute approximate surface area is 185 Å². The molecule has 31 heavy (non-hydrogen) atoms. The molecular weight excluding hydrogens is 447 g/mol. The van der Waals surface area contributed by atoms with Crippen LogP contribution in [0.2, 0.25) is 5.02 Å². The van der Waals surface area contributed by atoms with Crippen molar-refractivity contribution in [1.29, 1.82) is 0 Å². The monoisotopic (exact) mass is 468 g/mol. The number of ether oxygens (including phenoxy) is 1. The van der Waals surface area contributed by atoms with Crippen LogP contribution in [0, 0.1) is 12.7 Å². The predicted molar refractivity (Wildman–Crippen MR) is 114 cm³/mol. The summed E-state index contributed by atoms with van der Waals surface area (Å²) in [6.07, 6.45) is 2.59. The number of hydrogen-bond donors (Lipinski definition) is 1. The molecule has 1 heterocycles. The first-order valence-electron chi connectivity index (χ1n) is 9.71. The summed E-state index contributed by atoms with van der Waals surface area (Å²) in [5.41, 5.74) is 0.796. The fraction of sp³-hybridized carbons (Fsp3) is 0.333. The van der Waals surface area contributed by atoms with Crippen LogP contribution in [0.1, 0.15) is 35.2 Å². The van der Waals surface area contributed by atoms with Crippen LogP contribution in [-0.2, 0) is 19.6 Å². The molecule has 1 N–H and O–H groups in total. The van der Waals surface area contributed by atoms with Crippen molar-refractivity contribution in [2.75, 3.05) is 25.0 Å². The third-order valence-corrected chi connectivity index (χ3v) is 7.22. The summed E-state index contributed by atoms with van der Waals surface area (Å²) in [4.78, 5) is 24.4. The molecule has 10 heteroatoms. The topological polar surface area (TPSA) is 92.8 Å². The number of hydrogen-bond acceptors (Lipinski definition) is 5. The second-order valence-electron chi connectivity index (χ2n) is 7.20. The number of nitrogens with one attached hydrogen (secondary N) is 1. The Morgan fingerprint density at radius 2 is 1.84 bits per heavy atom. The number of sulfonamides is 1. The second kappa shape index (κ2) is 9.76. The minimum absolute atomic E-state index is 0.0267. The van der Waals surface area contributed by atoms with Crippen LogP contribution < -0.4 is 5.32 Å². The van der Waals surface area contributed by atoms with Gasteiger partial charge in [-0.15, -0.1) is 0 Å². The molecule has 0 spiro atoms. The maximum atomic E-state index is 13.2. The first-order valence-corrected chi connectivity index (χ1v) is 11.5. The van der Waals surface area contributed by atoms with E-state index in [0.717, 1.165) is 25.3 Å². The largest absolute Gasteiger partial charge is 0.452 e. The van der Waals surface area contributed by atoms with Crippen LogP contribution >= 0.6 is 11.6 Å². The molecule has 1 fully saturated rings. The first kappa shape index (κ1) is 23.2. The molecule has 166 valence electrons. The summed E-state index contributed by atoms with van der Waals surface area (Å²) in [7, 11) is -3.73.